The van der Waals surface area contributed by atoms with Gasteiger partial charge in [-0.15, -0.1) is 0 Å². The van der Waals surface area contributed by atoms with Gasteiger partial charge >= 0.3 is 0 Å². The zero-order chi connectivity index (χ0) is 13.8. The van der Waals surface area contributed by atoms with E-state index in [4.69, 9.17) is 0 Å². The van der Waals surface area contributed by atoms with Gasteiger partial charge in [-0.05, 0) is 18.2 Å². The van der Waals surface area contributed by atoms with Crippen LogP contribution < -0.4 is 5.32 Å². The standard InChI is InChI=1S/C14H16FN3S/c1-9(2)14-17-12(16-3)8-13(18-14)19-11-6-4-5-10(15)7-11/h4-9H,1-3H3,(H,16,17,18). The Balaban J connectivity index is 2.31. The summed E-state index contributed by atoms with van der Waals surface area (Å²) in [5.74, 6) is 1.57. The van der Waals surface area contributed by atoms with Gasteiger partial charge in [0.05, 0.1) is 0 Å². The highest BCUT2D eigenvalue weighted by Crippen LogP contribution is 2.28. The lowest BCUT2D eigenvalue weighted by atomic mass is 10.2. The Morgan fingerprint density at radius 1 is 1.21 bits per heavy atom. The summed E-state index contributed by atoms with van der Waals surface area (Å²) in [5, 5.41) is 3.83. The Hall–Kier alpha value is -1.62. The first-order valence-electron chi connectivity index (χ1n) is 6.08. The summed E-state index contributed by atoms with van der Waals surface area (Å²) in [4.78, 5) is 9.73. The maximum atomic E-state index is 13.2. The summed E-state index contributed by atoms with van der Waals surface area (Å²) in [5.41, 5.74) is 0. The summed E-state index contributed by atoms with van der Waals surface area (Å²) >= 11 is 1.43. The van der Waals surface area contributed by atoms with Crippen LogP contribution in [0.3, 0.4) is 0 Å². The summed E-state index contributed by atoms with van der Waals surface area (Å²) < 4.78 is 13.2. The second-order valence-corrected chi connectivity index (χ2v) is 5.51. The molecular formula is C14H16FN3S. The fraction of sp³-hybridized carbons (Fsp3) is 0.286. The second kappa shape index (κ2) is 6.02. The van der Waals surface area contributed by atoms with Crippen molar-refractivity contribution in [1.82, 2.24) is 9.97 Å². The van der Waals surface area contributed by atoms with Gasteiger partial charge in [0.25, 0.3) is 0 Å². The van der Waals surface area contributed by atoms with E-state index in [1.165, 1.54) is 23.9 Å². The first kappa shape index (κ1) is 13.8. The molecule has 0 saturated carbocycles. The molecule has 1 aromatic heterocycles. The molecule has 0 aliphatic rings. The van der Waals surface area contributed by atoms with E-state index in [2.05, 4.69) is 15.3 Å². The Kier molecular flexibility index (Phi) is 4.37. The summed E-state index contributed by atoms with van der Waals surface area (Å²) in [6.45, 7) is 4.09. The van der Waals surface area contributed by atoms with Gasteiger partial charge in [-0.3, -0.25) is 0 Å². The van der Waals surface area contributed by atoms with Crippen molar-refractivity contribution in [3.8, 4) is 0 Å². The molecule has 1 aromatic carbocycles. The number of hydrogen-bond donors (Lipinski definition) is 1. The third-order valence-electron chi connectivity index (χ3n) is 2.51. The van der Waals surface area contributed by atoms with Crippen LogP contribution in [0.2, 0.25) is 0 Å². The molecular weight excluding hydrogens is 261 g/mol. The molecule has 19 heavy (non-hydrogen) atoms. The molecule has 2 rings (SSSR count). The van der Waals surface area contributed by atoms with Crippen LogP contribution in [-0.4, -0.2) is 17.0 Å². The Bertz CT molecular complexity index is 572. The first-order valence-corrected chi connectivity index (χ1v) is 6.90. The van der Waals surface area contributed by atoms with Crippen molar-refractivity contribution in [2.75, 3.05) is 12.4 Å². The van der Waals surface area contributed by atoms with Crippen LogP contribution >= 0.6 is 11.8 Å². The van der Waals surface area contributed by atoms with Crippen LogP contribution in [0.15, 0.2) is 40.3 Å². The molecule has 0 radical (unpaired) electrons. The quantitative estimate of drug-likeness (QED) is 0.859. The first-order chi connectivity index (χ1) is 9.08. The van der Waals surface area contributed by atoms with E-state index in [9.17, 15) is 4.39 Å². The fourth-order valence-corrected chi connectivity index (χ4v) is 2.40. The molecule has 100 valence electrons. The molecule has 0 aliphatic heterocycles. The van der Waals surface area contributed by atoms with E-state index in [-0.39, 0.29) is 11.7 Å². The molecule has 2 aromatic rings. The molecule has 0 saturated heterocycles. The zero-order valence-corrected chi connectivity index (χ0v) is 12.0. The normalized spacial score (nSPS) is 10.8. The smallest absolute Gasteiger partial charge is 0.134 e. The molecule has 1 heterocycles. The van der Waals surface area contributed by atoms with Crippen molar-refractivity contribution < 1.29 is 4.39 Å². The molecule has 0 fully saturated rings. The fourth-order valence-electron chi connectivity index (χ4n) is 1.53. The largest absolute Gasteiger partial charge is 0.373 e. The third-order valence-corrected chi connectivity index (χ3v) is 3.42. The van der Waals surface area contributed by atoms with Crippen molar-refractivity contribution >= 4 is 17.6 Å². The van der Waals surface area contributed by atoms with Gasteiger partial charge in [-0.1, -0.05) is 31.7 Å². The van der Waals surface area contributed by atoms with Crippen LogP contribution in [0.4, 0.5) is 10.2 Å². The van der Waals surface area contributed by atoms with E-state index in [0.717, 1.165) is 21.6 Å². The lowest BCUT2D eigenvalue weighted by Gasteiger charge is -2.09. The van der Waals surface area contributed by atoms with Gasteiger partial charge in [-0.2, -0.15) is 0 Å². The molecule has 0 spiro atoms. The number of aromatic nitrogens is 2. The lowest BCUT2D eigenvalue weighted by Crippen LogP contribution is -2.02. The molecule has 0 atom stereocenters. The highest BCUT2D eigenvalue weighted by atomic mass is 32.2. The number of nitrogens with one attached hydrogen (secondary N) is 1. The van der Waals surface area contributed by atoms with E-state index in [0.29, 0.717) is 0 Å². The maximum absolute atomic E-state index is 13.2. The van der Waals surface area contributed by atoms with Gasteiger partial charge in [0, 0.05) is 23.9 Å². The summed E-state index contributed by atoms with van der Waals surface area (Å²) in [6, 6.07) is 8.36. The average Bonchev–Trinajstić information content (AvgIpc) is 2.38. The molecule has 5 heteroatoms. The molecule has 1 N–H and O–H groups in total. The predicted molar refractivity (Wildman–Crippen MR) is 76.2 cm³/mol. The minimum Gasteiger partial charge on any atom is -0.373 e. The molecule has 0 unspecified atom stereocenters. The van der Waals surface area contributed by atoms with E-state index >= 15 is 0 Å². The highest BCUT2D eigenvalue weighted by molar-refractivity contribution is 7.99. The van der Waals surface area contributed by atoms with Gasteiger partial charge in [0.1, 0.15) is 22.5 Å². The topological polar surface area (TPSA) is 37.8 Å². The average molecular weight is 277 g/mol. The lowest BCUT2D eigenvalue weighted by molar-refractivity contribution is 0.624. The van der Waals surface area contributed by atoms with Crippen molar-refractivity contribution in [1.29, 1.82) is 0 Å². The number of hydrogen-bond acceptors (Lipinski definition) is 4. The number of rotatable bonds is 4. The zero-order valence-electron chi connectivity index (χ0n) is 11.1. The Morgan fingerprint density at radius 3 is 2.63 bits per heavy atom. The van der Waals surface area contributed by atoms with Crippen molar-refractivity contribution in [3.05, 3.63) is 42.0 Å². The summed E-state index contributed by atoms with van der Waals surface area (Å²) in [7, 11) is 1.82. The monoisotopic (exact) mass is 277 g/mol. The van der Waals surface area contributed by atoms with Crippen molar-refractivity contribution in [2.45, 2.75) is 29.7 Å². The van der Waals surface area contributed by atoms with E-state index < -0.39 is 0 Å². The summed E-state index contributed by atoms with van der Waals surface area (Å²) in [6.07, 6.45) is 0. The van der Waals surface area contributed by atoms with Gasteiger partial charge in [0.2, 0.25) is 0 Å². The third kappa shape index (κ3) is 3.67. The predicted octanol–water partition coefficient (Wildman–Crippen LogP) is 3.93. The van der Waals surface area contributed by atoms with Crippen LogP contribution in [0, 0.1) is 5.82 Å². The number of nitrogens with zero attached hydrogens (tertiary/aromatic N) is 2. The maximum Gasteiger partial charge on any atom is 0.134 e. The minimum absolute atomic E-state index is 0.239. The van der Waals surface area contributed by atoms with Crippen LogP contribution in [-0.2, 0) is 0 Å². The molecule has 3 nitrogen and oxygen atoms in total. The van der Waals surface area contributed by atoms with Crippen LogP contribution in [0.1, 0.15) is 25.6 Å². The highest BCUT2D eigenvalue weighted by Gasteiger charge is 2.09. The van der Waals surface area contributed by atoms with Gasteiger partial charge in [-0.25, -0.2) is 14.4 Å². The number of anilines is 1. The SMILES string of the molecule is CNc1cc(Sc2cccc(F)c2)nc(C(C)C)n1. The Labute approximate surface area is 116 Å². The van der Waals surface area contributed by atoms with Crippen LogP contribution in [0.25, 0.3) is 0 Å². The van der Waals surface area contributed by atoms with Gasteiger partial charge < -0.3 is 5.32 Å². The number of benzene rings is 1. The van der Waals surface area contributed by atoms with E-state index in [1.807, 2.05) is 33.0 Å². The second-order valence-electron chi connectivity index (χ2n) is 4.41. The van der Waals surface area contributed by atoms with Crippen molar-refractivity contribution in [2.24, 2.45) is 0 Å². The Morgan fingerprint density at radius 2 is 2.00 bits per heavy atom. The van der Waals surface area contributed by atoms with E-state index in [1.54, 1.807) is 6.07 Å². The molecule has 0 aliphatic carbocycles. The van der Waals surface area contributed by atoms with Gasteiger partial charge in [0.15, 0.2) is 0 Å². The van der Waals surface area contributed by atoms with Crippen molar-refractivity contribution in [3.63, 3.8) is 0 Å². The van der Waals surface area contributed by atoms with Crippen LogP contribution in [0.5, 0.6) is 0 Å². The minimum atomic E-state index is -0.239. The number of halogens is 1. The molecule has 0 bridgehead atoms. The molecule has 0 amide bonds.